The van der Waals surface area contributed by atoms with Gasteiger partial charge in [0.1, 0.15) is 0 Å². The summed E-state index contributed by atoms with van der Waals surface area (Å²) in [7, 11) is 0. The topological polar surface area (TPSA) is 52.0 Å². The van der Waals surface area contributed by atoms with Crippen LogP contribution in [0.2, 0.25) is 0 Å². The van der Waals surface area contributed by atoms with E-state index in [1.807, 2.05) is 0 Å². The van der Waals surface area contributed by atoms with Crippen LogP contribution in [0.1, 0.15) is 91.9 Å². The highest BCUT2D eigenvalue weighted by Crippen LogP contribution is 2.34. The van der Waals surface area contributed by atoms with Crippen molar-refractivity contribution in [3.63, 3.8) is 0 Å². The molecule has 0 aliphatic heterocycles. The van der Waals surface area contributed by atoms with Crippen LogP contribution in [0.3, 0.4) is 0 Å². The van der Waals surface area contributed by atoms with Gasteiger partial charge in [-0.25, -0.2) is 0 Å². The smallest absolute Gasteiger partial charge is 0.00698 e. The number of unbranched alkanes of at least 4 members (excludes halogenated alkanes) is 2. The van der Waals surface area contributed by atoms with Crippen LogP contribution in [0.5, 0.6) is 0 Å². The van der Waals surface area contributed by atoms with Crippen molar-refractivity contribution in [2.24, 2.45) is 35.1 Å². The number of nitrogens with two attached hydrogens (primary N) is 2. The summed E-state index contributed by atoms with van der Waals surface area (Å²) >= 11 is 0. The molecular formula is C20H42N2. The predicted molar refractivity (Wildman–Crippen MR) is 98.8 cm³/mol. The van der Waals surface area contributed by atoms with E-state index in [1.54, 1.807) is 0 Å². The minimum Gasteiger partial charge on any atom is -0.327 e. The molecule has 0 aromatic carbocycles. The molecule has 1 aliphatic rings. The fraction of sp³-hybridized carbons (Fsp3) is 1.00. The molecule has 0 spiro atoms. The largest absolute Gasteiger partial charge is 0.327 e. The number of hydrogen-bond donors (Lipinski definition) is 2. The van der Waals surface area contributed by atoms with Gasteiger partial charge in [-0.2, -0.15) is 0 Å². The first kappa shape index (κ1) is 20.0. The zero-order valence-electron chi connectivity index (χ0n) is 15.7. The lowest BCUT2D eigenvalue weighted by Crippen LogP contribution is -2.31. The molecule has 132 valence electrons. The highest BCUT2D eigenvalue weighted by atomic mass is 14.7. The lowest BCUT2D eigenvalue weighted by molar-refractivity contribution is 0.303. The van der Waals surface area contributed by atoms with Gasteiger partial charge in [0.2, 0.25) is 0 Å². The molecule has 0 radical (unpaired) electrons. The molecular weight excluding hydrogens is 268 g/mol. The van der Waals surface area contributed by atoms with Crippen LogP contribution in [-0.4, -0.2) is 12.1 Å². The van der Waals surface area contributed by atoms with E-state index >= 15 is 0 Å². The summed E-state index contributed by atoms with van der Waals surface area (Å²) in [5, 5.41) is 0. The second-order valence-electron chi connectivity index (χ2n) is 8.44. The Bertz CT molecular complexity index is 277. The van der Waals surface area contributed by atoms with Gasteiger partial charge in [0.15, 0.2) is 0 Å². The van der Waals surface area contributed by atoms with Gasteiger partial charge in [0.05, 0.1) is 0 Å². The first-order chi connectivity index (χ1) is 10.4. The van der Waals surface area contributed by atoms with Gasteiger partial charge in [-0.3, -0.25) is 0 Å². The van der Waals surface area contributed by atoms with Crippen LogP contribution in [0.25, 0.3) is 0 Å². The molecule has 22 heavy (non-hydrogen) atoms. The minimum absolute atomic E-state index is 0.389. The van der Waals surface area contributed by atoms with Crippen molar-refractivity contribution in [1.82, 2.24) is 0 Å². The summed E-state index contributed by atoms with van der Waals surface area (Å²) in [6, 6.07) is 0.833. The molecule has 0 saturated heterocycles. The van der Waals surface area contributed by atoms with Crippen LogP contribution in [0.15, 0.2) is 0 Å². The van der Waals surface area contributed by atoms with Crippen molar-refractivity contribution < 1.29 is 0 Å². The second kappa shape index (κ2) is 10.6. The van der Waals surface area contributed by atoms with E-state index in [9.17, 15) is 0 Å². The third kappa shape index (κ3) is 7.46. The van der Waals surface area contributed by atoms with Crippen LogP contribution in [-0.2, 0) is 0 Å². The Hall–Kier alpha value is -0.0800. The zero-order chi connectivity index (χ0) is 16.5. The molecule has 5 atom stereocenters. The van der Waals surface area contributed by atoms with Crippen molar-refractivity contribution in [3.05, 3.63) is 0 Å². The maximum atomic E-state index is 6.40. The van der Waals surface area contributed by atoms with Crippen LogP contribution in [0, 0.1) is 23.7 Å². The molecule has 0 amide bonds. The van der Waals surface area contributed by atoms with Gasteiger partial charge in [-0.1, -0.05) is 53.4 Å². The maximum absolute atomic E-state index is 6.40. The maximum Gasteiger partial charge on any atom is 0.00698 e. The summed E-state index contributed by atoms with van der Waals surface area (Å²) in [6.45, 7) is 9.23. The van der Waals surface area contributed by atoms with Crippen LogP contribution < -0.4 is 11.5 Å². The zero-order valence-corrected chi connectivity index (χ0v) is 15.7. The molecule has 1 saturated carbocycles. The molecule has 1 rings (SSSR count). The second-order valence-corrected chi connectivity index (χ2v) is 8.44. The Balaban J connectivity index is 2.28. The van der Waals surface area contributed by atoms with Crippen molar-refractivity contribution in [2.45, 2.75) is 104 Å². The van der Waals surface area contributed by atoms with E-state index in [-0.39, 0.29) is 0 Å². The molecule has 0 aromatic heterocycles. The van der Waals surface area contributed by atoms with E-state index in [4.69, 9.17) is 11.5 Å². The van der Waals surface area contributed by atoms with Crippen LogP contribution >= 0.6 is 0 Å². The molecule has 2 heteroatoms. The number of rotatable bonds is 11. The van der Waals surface area contributed by atoms with Gasteiger partial charge in [0.25, 0.3) is 0 Å². The highest BCUT2D eigenvalue weighted by Gasteiger charge is 2.29. The van der Waals surface area contributed by atoms with Crippen molar-refractivity contribution in [2.75, 3.05) is 0 Å². The summed E-state index contributed by atoms with van der Waals surface area (Å²) in [4.78, 5) is 0. The Morgan fingerprint density at radius 3 is 2.23 bits per heavy atom. The normalized spacial score (nSPS) is 28.2. The fourth-order valence-corrected chi connectivity index (χ4v) is 4.25. The van der Waals surface area contributed by atoms with Gasteiger partial charge < -0.3 is 11.5 Å². The molecule has 2 nitrogen and oxygen atoms in total. The Kier molecular flexibility index (Phi) is 9.66. The monoisotopic (exact) mass is 310 g/mol. The minimum atomic E-state index is 0.389. The highest BCUT2D eigenvalue weighted by molar-refractivity contribution is 4.85. The molecule has 5 unspecified atom stereocenters. The molecule has 0 bridgehead atoms. The first-order valence-electron chi connectivity index (χ1n) is 9.95. The Labute approximate surface area is 139 Å². The number of hydrogen-bond acceptors (Lipinski definition) is 2. The van der Waals surface area contributed by atoms with Crippen molar-refractivity contribution in [3.8, 4) is 0 Å². The average Bonchev–Trinajstić information content (AvgIpc) is 2.78. The predicted octanol–water partition coefficient (Wildman–Crippen LogP) is 5.10. The average molecular weight is 311 g/mol. The van der Waals surface area contributed by atoms with Gasteiger partial charge in [-0.15, -0.1) is 0 Å². The van der Waals surface area contributed by atoms with E-state index < -0.39 is 0 Å². The molecule has 0 heterocycles. The van der Waals surface area contributed by atoms with E-state index in [2.05, 4.69) is 27.7 Å². The van der Waals surface area contributed by atoms with Crippen molar-refractivity contribution >= 4 is 0 Å². The van der Waals surface area contributed by atoms with Gasteiger partial charge in [-0.05, 0) is 62.2 Å². The van der Waals surface area contributed by atoms with E-state index in [0.717, 1.165) is 24.2 Å². The third-order valence-corrected chi connectivity index (χ3v) is 5.83. The van der Waals surface area contributed by atoms with Gasteiger partial charge >= 0.3 is 0 Å². The van der Waals surface area contributed by atoms with Crippen molar-refractivity contribution in [1.29, 1.82) is 0 Å². The Morgan fingerprint density at radius 1 is 1.00 bits per heavy atom. The van der Waals surface area contributed by atoms with Gasteiger partial charge in [0, 0.05) is 12.1 Å². The first-order valence-corrected chi connectivity index (χ1v) is 9.95. The summed E-state index contributed by atoms with van der Waals surface area (Å²) < 4.78 is 0. The lowest BCUT2D eigenvalue weighted by atomic mass is 9.84. The molecule has 1 fully saturated rings. The summed E-state index contributed by atoms with van der Waals surface area (Å²) in [6.07, 6.45) is 13.1. The fourth-order valence-electron chi connectivity index (χ4n) is 4.25. The molecule has 0 aromatic rings. The Morgan fingerprint density at radius 2 is 1.68 bits per heavy atom. The quantitative estimate of drug-likeness (QED) is 0.522. The third-order valence-electron chi connectivity index (χ3n) is 5.83. The summed E-state index contributed by atoms with van der Waals surface area (Å²) in [5.74, 6) is 3.14. The molecule has 1 aliphatic carbocycles. The lowest BCUT2D eigenvalue weighted by Gasteiger charge is -2.25. The van der Waals surface area contributed by atoms with Crippen LogP contribution in [0.4, 0.5) is 0 Å². The van der Waals surface area contributed by atoms with E-state index in [0.29, 0.717) is 18.0 Å². The molecule has 4 N–H and O–H groups in total. The standard InChI is InChI=1S/C20H42N2/c1-5-19(21)17(10-8-6-7-9-15(2)3)11-12-18-13-16(4)14-20(18)22/h15-20H,5-14,21-22H2,1-4H3. The summed E-state index contributed by atoms with van der Waals surface area (Å²) in [5.41, 5.74) is 12.7. The SMILES string of the molecule is CCC(N)C(CCCCCC(C)C)CCC1CC(C)CC1N. The van der Waals surface area contributed by atoms with E-state index in [1.165, 1.54) is 57.8 Å².